The second kappa shape index (κ2) is 5.54. The monoisotopic (exact) mass is 353 g/mol. The Morgan fingerprint density at radius 2 is 1.85 bits per heavy atom. The summed E-state index contributed by atoms with van der Waals surface area (Å²) in [5.74, 6) is -0.690. The Balaban J connectivity index is 2.14. The molecular weight excluding hydrogens is 339 g/mol. The molecule has 1 fully saturated rings. The van der Waals surface area contributed by atoms with Crippen LogP contribution in [0.25, 0.3) is 0 Å². The molecule has 20 heavy (non-hydrogen) atoms. The van der Waals surface area contributed by atoms with Gasteiger partial charge in [0.2, 0.25) is 0 Å². The smallest absolute Gasteiger partial charge is 0.377 e. The number of ether oxygens (including phenoxy) is 2. The largest absolute Gasteiger partial charge is 0.418 e. The standard InChI is InChI=1S/C13H15BrF3NO2/c1-12(2)19-6-9(7-20-12)18-11-4-3-8(14)5-10(11)13(15,16)17/h3-5,9,18H,6-7H2,1-2H3. The van der Waals surface area contributed by atoms with E-state index in [-0.39, 0.29) is 11.7 Å². The lowest BCUT2D eigenvalue weighted by Crippen LogP contribution is -2.45. The first kappa shape index (κ1) is 15.6. The van der Waals surface area contributed by atoms with Crippen molar-refractivity contribution in [2.75, 3.05) is 18.5 Å². The molecule has 7 heteroatoms. The molecule has 1 aromatic carbocycles. The summed E-state index contributed by atoms with van der Waals surface area (Å²) >= 11 is 3.05. The molecule has 112 valence electrons. The fourth-order valence-electron chi connectivity index (χ4n) is 1.87. The summed E-state index contributed by atoms with van der Waals surface area (Å²) in [6, 6.07) is 3.69. The van der Waals surface area contributed by atoms with Crippen LogP contribution in [0.5, 0.6) is 0 Å². The first-order valence-electron chi connectivity index (χ1n) is 6.08. The Labute approximate surface area is 123 Å². The number of alkyl halides is 3. The van der Waals surface area contributed by atoms with E-state index < -0.39 is 17.5 Å². The van der Waals surface area contributed by atoms with E-state index in [1.54, 1.807) is 19.9 Å². The van der Waals surface area contributed by atoms with Crippen LogP contribution in [0.2, 0.25) is 0 Å². The number of hydrogen-bond donors (Lipinski definition) is 1. The zero-order valence-corrected chi connectivity index (χ0v) is 12.6. The Bertz CT molecular complexity index is 481. The van der Waals surface area contributed by atoms with Gasteiger partial charge in [-0.25, -0.2) is 0 Å². The van der Waals surface area contributed by atoms with Crippen LogP contribution in [0, 0.1) is 0 Å². The van der Waals surface area contributed by atoms with Gasteiger partial charge in [0.1, 0.15) is 0 Å². The lowest BCUT2D eigenvalue weighted by Gasteiger charge is -2.36. The molecule has 1 aromatic rings. The first-order valence-corrected chi connectivity index (χ1v) is 6.88. The van der Waals surface area contributed by atoms with E-state index in [1.807, 2.05) is 0 Å². The minimum absolute atomic E-state index is 0.0256. The highest BCUT2D eigenvalue weighted by Crippen LogP contribution is 2.37. The molecule has 1 N–H and O–H groups in total. The van der Waals surface area contributed by atoms with Crippen molar-refractivity contribution in [2.45, 2.75) is 31.9 Å². The maximum absolute atomic E-state index is 13.0. The van der Waals surface area contributed by atoms with Crippen LogP contribution in [0.3, 0.4) is 0 Å². The zero-order chi connectivity index (χ0) is 15.0. The molecule has 1 saturated heterocycles. The third-order valence-corrected chi connectivity index (χ3v) is 3.40. The molecule has 0 atom stereocenters. The topological polar surface area (TPSA) is 30.5 Å². The lowest BCUT2D eigenvalue weighted by molar-refractivity contribution is -0.247. The fourth-order valence-corrected chi connectivity index (χ4v) is 2.23. The third kappa shape index (κ3) is 3.86. The molecule has 1 heterocycles. The lowest BCUT2D eigenvalue weighted by atomic mass is 10.1. The molecule has 2 rings (SSSR count). The SMILES string of the molecule is CC1(C)OCC(Nc2ccc(Br)cc2C(F)(F)F)CO1. The molecule has 0 saturated carbocycles. The molecular formula is C13H15BrF3NO2. The van der Waals surface area contributed by atoms with Crippen LogP contribution in [0.15, 0.2) is 22.7 Å². The number of hydrogen-bond acceptors (Lipinski definition) is 3. The van der Waals surface area contributed by atoms with E-state index in [1.165, 1.54) is 6.07 Å². The van der Waals surface area contributed by atoms with E-state index in [0.29, 0.717) is 17.7 Å². The second-order valence-corrected chi connectivity index (χ2v) is 5.97. The van der Waals surface area contributed by atoms with Gasteiger partial charge in [-0.3, -0.25) is 0 Å². The van der Waals surface area contributed by atoms with E-state index in [2.05, 4.69) is 21.2 Å². The summed E-state index contributed by atoms with van der Waals surface area (Å²) < 4.78 is 50.2. The summed E-state index contributed by atoms with van der Waals surface area (Å²) in [5.41, 5.74) is -0.686. The zero-order valence-electron chi connectivity index (χ0n) is 11.1. The predicted octanol–water partition coefficient (Wildman–Crippen LogP) is 4.03. The third-order valence-electron chi connectivity index (χ3n) is 2.91. The Hall–Kier alpha value is -0.790. The molecule has 0 bridgehead atoms. The normalized spacial score (nSPS) is 19.9. The van der Waals surface area contributed by atoms with Crippen LogP contribution in [-0.2, 0) is 15.7 Å². The summed E-state index contributed by atoms with van der Waals surface area (Å²) in [6.45, 7) is 4.12. The number of rotatable bonds is 2. The van der Waals surface area contributed by atoms with Gasteiger partial charge in [0, 0.05) is 10.2 Å². The molecule has 1 aliphatic rings. The van der Waals surface area contributed by atoms with E-state index in [9.17, 15) is 13.2 Å². The van der Waals surface area contributed by atoms with Gasteiger partial charge in [-0.15, -0.1) is 0 Å². The van der Waals surface area contributed by atoms with Crippen molar-refractivity contribution in [3.05, 3.63) is 28.2 Å². The van der Waals surface area contributed by atoms with Gasteiger partial charge in [0.05, 0.1) is 24.8 Å². The average Bonchev–Trinajstić information content (AvgIpc) is 2.33. The van der Waals surface area contributed by atoms with E-state index >= 15 is 0 Å². The van der Waals surface area contributed by atoms with Gasteiger partial charge in [0.25, 0.3) is 0 Å². The van der Waals surface area contributed by atoms with Gasteiger partial charge < -0.3 is 14.8 Å². The van der Waals surface area contributed by atoms with Crippen molar-refractivity contribution in [2.24, 2.45) is 0 Å². The minimum Gasteiger partial charge on any atom is -0.377 e. The highest BCUT2D eigenvalue weighted by molar-refractivity contribution is 9.10. The number of halogens is 4. The van der Waals surface area contributed by atoms with Gasteiger partial charge in [-0.05, 0) is 32.0 Å². The maximum Gasteiger partial charge on any atom is 0.418 e. The van der Waals surface area contributed by atoms with Crippen LogP contribution < -0.4 is 5.32 Å². The number of nitrogens with one attached hydrogen (secondary N) is 1. The van der Waals surface area contributed by atoms with Gasteiger partial charge in [0.15, 0.2) is 5.79 Å². The highest BCUT2D eigenvalue weighted by atomic mass is 79.9. The summed E-state index contributed by atoms with van der Waals surface area (Å²) in [6.07, 6.45) is -4.41. The molecule has 0 spiro atoms. The average molecular weight is 354 g/mol. The summed E-state index contributed by atoms with van der Waals surface area (Å²) in [5, 5.41) is 2.83. The Morgan fingerprint density at radius 3 is 2.40 bits per heavy atom. The van der Waals surface area contributed by atoms with E-state index in [4.69, 9.17) is 9.47 Å². The summed E-state index contributed by atoms with van der Waals surface area (Å²) in [7, 11) is 0. The molecule has 0 radical (unpaired) electrons. The van der Waals surface area contributed by atoms with Crippen molar-refractivity contribution in [3.8, 4) is 0 Å². The van der Waals surface area contributed by atoms with Crippen LogP contribution in [-0.4, -0.2) is 25.0 Å². The van der Waals surface area contributed by atoms with Gasteiger partial charge in [-0.2, -0.15) is 13.2 Å². The van der Waals surface area contributed by atoms with Gasteiger partial charge >= 0.3 is 6.18 Å². The van der Waals surface area contributed by atoms with Crippen LogP contribution in [0.4, 0.5) is 18.9 Å². The predicted molar refractivity (Wildman–Crippen MR) is 72.5 cm³/mol. The molecule has 3 nitrogen and oxygen atoms in total. The quantitative estimate of drug-likeness (QED) is 0.870. The number of benzene rings is 1. The van der Waals surface area contributed by atoms with Crippen molar-refractivity contribution >= 4 is 21.6 Å². The van der Waals surface area contributed by atoms with Crippen molar-refractivity contribution in [3.63, 3.8) is 0 Å². The minimum atomic E-state index is -4.41. The molecule has 0 unspecified atom stereocenters. The fraction of sp³-hybridized carbons (Fsp3) is 0.538. The molecule has 1 aliphatic heterocycles. The molecule has 0 amide bonds. The highest BCUT2D eigenvalue weighted by Gasteiger charge is 2.35. The van der Waals surface area contributed by atoms with Crippen LogP contribution >= 0.6 is 15.9 Å². The number of anilines is 1. The van der Waals surface area contributed by atoms with Crippen molar-refractivity contribution in [1.29, 1.82) is 0 Å². The van der Waals surface area contributed by atoms with Gasteiger partial charge in [-0.1, -0.05) is 15.9 Å². The Kier molecular flexibility index (Phi) is 4.32. The second-order valence-electron chi connectivity index (χ2n) is 5.05. The van der Waals surface area contributed by atoms with E-state index in [0.717, 1.165) is 6.07 Å². The van der Waals surface area contributed by atoms with Crippen molar-refractivity contribution < 1.29 is 22.6 Å². The maximum atomic E-state index is 13.0. The first-order chi connectivity index (χ1) is 9.17. The summed E-state index contributed by atoms with van der Waals surface area (Å²) in [4.78, 5) is 0. The molecule has 0 aliphatic carbocycles. The Morgan fingerprint density at radius 1 is 1.25 bits per heavy atom. The van der Waals surface area contributed by atoms with Crippen LogP contribution in [0.1, 0.15) is 19.4 Å². The van der Waals surface area contributed by atoms with Crippen molar-refractivity contribution in [1.82, 2.24) is 0 Å². The molecule has 0 aromatic heterocycles.